The van der Waals surface area contributed by atoms with Gasteiger partial charge in [-0.2, -0.15) is 0 Å². The first kappa shape index (κ1) is 12.4. The van der Waals surface area contributed by atoms with Crippen molar-refractivity contribution in [1.29, 1.82) is 0 Å². The van der Waals surface area contributed by atoms with E-state index in [2.05, 4.69) is 29.4 Å². The van der Waals surface area contributed by atoms with Gasteiger partial charge in [-0.05, 0) is 37.5 Å². The van der Waals surface area contributed by atoms with Crippen molar-refractivity contribution in [3.05, 3.63) is 35.9 Å². The summed E-state index contributed by atoms with van der Waals surface area (Å²) in [4.78, 5) is 4.64. The van der Waals surface area contributed by atoms with Crippen molar-refractivity contribution in [1.82, 2.24) is 4.98 Å². The molecule has 0 atom stereocenters. The van der Waals surface area contributed by atoms with Crippen LogP contribution in [0.2, 0.25) is 0 Å². The van der Waals surface area contributed by atoms with Crippen LogP contribution in [0, 0.1) is 6.92 Å². The van der Waals surface area contributed by atoms with Gasteiger partial charge in [0.15, 0.2) is 0 Å². The van der Waals surface area contributed by atoms with Crippen LogP contribution in [0.3, 0.4) is 0 Å². The fourth-order valence-corrected chi connectivity index (χ4v) is 2.86. The molecule has 2 aromatic rings. The molecule has 0 unspecified atom stereocenters. The molecule has 1 aromatic carbocycles. The minimum Gasteiger partial charge on any atom is -0.388 e. The molecule has 1 fully saturated rings. The summed E-state index contributed by atoms with van der Waals surface area (Å²) in [5, 5.41) is 14.9. The summed E-state index contributed by atoms with van der Waals surface area (Å²) in [5.74, 6) is 0.888. The molecule has 3 heteroatoms. The third kappa shape index (κ3) is 2.56. The van der Waals surface area contributed by atoms with E-state index in [0.29, 0.717) is 6.54 Å². The monoisotopic (exact) mass is 256 g/mol. The molecule has 0 bridgehead atoms. The van der Waals surface area contributed by atoms with Crippen LogP contribution in [0.15, 0.2) is 30.3 Å². The van der Waals surface area contributed by atoms with Gasteiger partial charge in [-0.25, -0.2) is 4.98 Å². The highest BCUT2D eigenvalue weighted by atomic mass is 16.3. The van der Waals surface area contributed by atoms with E-state index in [4.69, 9.17) is 0 Å². The first-order valence-electron chi connectivity index (χ1n) is 6.99. The van der Waals surface area contributed by atoms with Crippen molar-refractivity contribution >= 4 is 16.7 Å². The van der Waals surface area contributed by atoms with Crippen LogP contribution < -0.4 is 5.32 Å². The number of aryl methyl sites for hydroxylation is 1. The van der Waals surface area contributed by atoms with Gasteiger partial charge in [0, 0.05) is 11.9 Å². The van der Waals surface area contributed by atoms with Gasteiger partial charge in [0.1, 0.15) is 5.82 Å². The second kappa shape index (κ2) is 4.82. The average molecular weight is 256 g/mol. The molecule has 1 saturated carbocycles. The van der Waals surface area contributed by atoms with E-state index in [1.165, 1.54) is 0 Å². The van der Waals surface area contributed by atoms with Crippen molar-refractivity contribution in [2.75, 3.05) is 11.9 Å². The smallest absolute Gasteiger partial charge is 0.129 e. The minimum atomic E-state index is -0.542. The number of para-hydroxylation sites is 1. The number of hydrogen-bond acceptors (Lipinski definition) is 3. The molecule has 1 aliphatic carbocycles. The highest BCUT2D eigenvalue weighted by Crippen LogP contribution is 2.30. The molecule has 1 heterocycles. The Balaban J connectivity index is 1.82. The van der Waals surface area contributed by atoms with Gasteiger partial charge in [0.2, 0.25) is 0 Å². The Morgan fingerprint density at radius 1 is 1.26 bits per heavy atom. The van der Waals surface area contributed by atoms with Gasteiger partial charge in [0.05, 0.1) is 11.1 Å². The molecule has 0 saturated heterocycles. The van der Waals surface area contributed by atoms with Gasteiger partial charge in [-0.1, -0.05) is 31.0 Å². The average Bonchev–Trinajstić information content (AvgIpc) is 2.84. The molecule has 19 heavy (non-hydrogen) atoms. The van der Waals surface area contributed by atoms with Crippen molar-refractivity contribution < 1.29 is 5.11 Å². The SMILES string of the molecule is Cc1cc2ccccc2nc1NCC1(O)CCCC1. The summed E-state index contributed by atoms with van der Waals surface area (Å²) in [7, 11) is 0. The maximum Gasteiger partial charge on any atom is 0.129 e. The number of pyridine rings is 1. The molecule has 0 radical (unpaired) electrons. The van der Waals surface area contributed by atoms with Gasteiger partial charge < -0.3 is 10.4 Å². The topological polar surface area (TPSA) is 45.2 Å². The van der Waals surface area contributed by atoms with Crippen LogP contribution in [0.4, 0.5) is 5.82 Å². The number of nitrogens with one attached hydrogen (secondary N) is 1. The molecule has 0 aliphatic heterocycles. The first-order chi connectivity index (χ1) is 9.16. The van der Waals surface area contributed by atoms with Crippen LogP contribution in [0.5, 0.6) is 0 Å². The van der Waals surface area contributed by atoms with Gasteiger partial charge in [0.25, 0.3) is 0 Å². The second-order valence-corrected chi connectivity index (χ2v) is 5.63. The third-order valence-corrected chi connectivity index (χ3v) is 4.03. The van der Waals surface area contributed by atoms with Crippen LogP contribution in [0.1, 0.15) is 31.2 Å². The number of fused-ring (bicyclic) bond motifs is 1. The lowest BCUT2D eigenvalue weighted by atomic mass is 10.0. The van der Waals surface area contributed by atoms with E-state index < -0.39 is 5.60 Å². The predicted octanol–water partition coefficient (Wildman–Crippen LogP) is 3.26. The van der Waals surface area contributed by atoms with Gasteiger partial charge >= 0.3 is 0 Å². The number of hydrogen-bond donors (Lipinski definition) is 2. The Labute approximate surface area is 113 Å². The Morgan fingerprint density at radius 3 is 2.79 bits per heavy atom. The fourth-order valence-electron chi connectivity index (χ4n) is 2.86. The predicted molar refractivity (Wildman–Crippen MR) is 78.4 cm³/mol. The quantitative estimate of drug-likeness (QED) is 0.886. The van der Waals surface area contributed by atoms with Crippen molar-refractivity contribution in [2.45, 2.75) is 38.2 Å². The Bertz CT molecular complexity index is 588. The lowest BCUT2D eigenvalue weighted by molar-refractivity contribution is 0.0614. The van der Waals surface area contributed by atoms with Crippen LogP contribution >= 0.6 is 0 Å². The zero-order valence-electron chi connectivity index (χ0n) is 11.3. The summed E-state index contributed by atoms with van der Waals surface area (Å²) in [6.45, 7) is 2.65. The Morgan fingerprint density at radius 2 is 2.00 bits per heavy atom. The number of aromatic nitrogens is 1. The zero-order valence-corrected chi connectivity index (χ0v) is 11.3. The Hall–Kier alpha value is -1.61. The van der Waals surface area contributed by atoms with Crippen molar-refractivity contribution in [3.63, 3.8) is 0 Å². The summed E-state index contributed by atoms with van der Waals surface area (Å²) in [6, 6.07) is 10.3. The van der Waals surface area contributed by atoms with Gasteiger partial charge in [-0.3, -0.25) is 0 Å². The molecule has 1 aromatic heterocycles. The molecular weight excluding hydrogens is 236 g/mol. The number of anilines is 1. The minimum absolute atomic E-state index is 0.542. The lowest BCUT2D eigenvalue weighted by Gasteiger charge is -2.23. The van der Waals surface area contributed by atoms with E-state index in [-0.39, 0.29) is 0 Å². The fraction of sp³-hybridized carbons (Fsp3) is 0.438. The van der Waals surface area contributed by atoms with Crippen LogP contribution in [0.25, 0.3) is 10.9 Å². The molecule has 1 aliphatic rings. The highest BCUT2D eigenvalue weighted by Gasteiger charge is 2.30. The first-order valence-corrected chi connectivity index (χ1v) is 6.99. The number of nitrogens with zero attached hydrogens (tertiary/aromatic N) is 1. The molecule has 3 nitrogen and oxygen atoms in total. The number of benzene rings is 1. The summed E-state index contributed by atoms with van der Waals surface area (Å²) < 4.78 is 0. The maximum absolute atomic E-state index is 10.4. The zero-order chi connectivity index (χ0) is 13.3. The molecular formula is C16H20N2O. The molecule has 2 N–H and O–H groups in total. The maximum atomic E-state index is 10.4. The van der Waals surface area contributed by atoms with E-state index >= 15 is 0 Å². The number of rotatable bonds is 3. The van der Waals surface area contributed by atoms with E-state index in [0.717, 1.165) is 48.0 Å². The van der Waals surface area contributed by atoms with E-state index in [1.54, 1.807) is 0 Å². The number of aliphatic hydroxyl groups is 1. The second-order valence-electron chi connectivity index (χ2n) is 5.63. The summed E-state index contributed by atoms with van der Waals surface area (Å²) >= 11 is 0. The lowest BCUT2D eigenvalue weighted by Crippen LogP contribution is -2.33. The molecule has 0 spiro atoms. The van der Waals surface area contributed by atoms with E-state index in [1.807, 2.05) is 18.2 Å². The van der Waals surface area contributed by atoms with Crippen molar-refractivity contribution in [2.24, 2.45) is 0 Å². The molecule has 100 valence electrons. The largest absolute Gasteiger partial charge is 0.388 e. The normalized spacial score (nSPS) is 17.8. The van der Waals surface area contributed by atoms with Crippen molar-refractivity contribution in [3.8, 4) is 0 Å². The van der Waals surface area contributed by atoms with Gasteiger partial charge in [-0.15, -0.1) is 0 Å². The molecule has 0 amide bonds. The Kier molecular flexibility index (Phi) is 3.15. The van der Waals surface area contributed by atoms with E-state index in [9.17, 15) is 5.11 Å². The summed E-state index contributed by atoms with van der Waals surface area (Å²) in [5.41, 5.74) is 1.58. The van der Waals surface area contributed by atoms with Crippen LogP contribution in [-0.4, -0.2) is 22.2 Å². The molecule has 3 rings (SSSR count). The van der Waals surface area contributed by atoms with Crippen LogP contribution in [-0.2, 0) is 0 Å². The standard InChI is InChI=1S/C16H20N2O/c1-12-10-13-6-2-3-7-14(13)18-15(12)17-11-16(19)8-4-5-9-16/h2-3,6-7,10,19H,4-5,8-9,11H2,1H3,(H,17,18). The third-order valence-electron chi connectivity index (χ3n) is 4.03. The summed E-state index contributed by atoms with van der Waals surface area (Å²) in [6.07, 6.45) is 4.05. The highest BCUT2D eigenvalue weighted by molar-refractivity contribution is 5.81.